The number of unbranched alkanes of at least 4 members (excludes halogenated alkanes) is 1. The van der Waals surface area contributed by atoms with Crippen molar-refractivity contribution in [1.82, 2.24) is 0 Å². The molecule has 1 fully saturated rings. The maximum atomic E-state index is 12.5. The van der Waals surface area contributed by atoms with Crippen LogP contribution in [0.1, 0.15) is 274 Å². The van der Waals surface area contributed by atoms with E-state index in [1.54, 1.807) is 21.6 Å². The van der Waals surface area contributed by atoms with E-state index in [0.717, 1.165) is 57.1 Å². The van der Waals surface area contributed by atoms with Gasteiger partial charge in [0.25, 0.3) is 0 Å². The second-order valence-corrected chi connectivity index (χ2v) is 25.6. The Bertz CT molecular complexity index is 2690. The normalized spacial score (nSPS) is 25.3. The average Bonchev–Trinajstić information content (AvgIpc) is 0.976. The number of rotatable bonds is 64. The van der Waals surface area contributed by atoms with Gasteiger partial charge in [0.2, 0.25) is 0 Å². The minimum Gasteiger partial charge on any atom is -0.463 e. The van der Waals surface area contributed by atoms with Crippen LogP contribution in [0.25, 0.3) is 0 Å². The molecule has 0 bridgehead atoms. The summed E-state index contributed by atoms with van der Waals surface area (Å²) in [6.45, 7) is -48.9. The summed E-state index contributed by atoms with van der Waals surface area (Å²) in [5, 5.41) is 0.327. The van der Waals surface area contributed by atoms with E-state index in [2.05, 4.69) is 107 Å². The zero-order valence-electron chi connectivity index (χ0n) is 83.2. The van der Waals surface area contributed by atoms with Gasteiger partial charge in [0.1, 0.15) is 12.7 Å². The molecule has 14 heteroatoms. The van der Waals surface area contributed by atoms with Crippen LogP contribution in [0.15, 0.2) is 0 Å². The topological polar surface area (TPSA) is 119 Å². The minimum atomic E-state index is -4.70. The third kappa shape index (κ3) is 57.3. The van der Waals surface area contributed by atoms with Gasteiger partial charge in [0.05, 0.1) is 155 Å². The number of hydrogen-bond acceptors (Lipinski definition) is 14. The van der Waals surface area contributed by atoms with Crippen LogP contribution in [0.4, 0.5) is 0 Å². The van der Waals surface area contributed by atoms with Crippen LogP contribution in [0.5, 0.6) is 0 Å². The molecular weight excluding hydrogens is 1060 g/mol. The Balaban J connectivity index is 3.23. The van der Waals surface area contributed by atoms with Crippen molar-refractivity contribution in [3.63, 3.8) is 0 Å². The fraction of sp³-hybridized carbons (Fsp3) is 0.985. The summed E-state index contributed by atoms with van der Waals surface area (Å²) < 4.78 is 315. The minimum absolute atomic E-state index is 0.155. The molecule has 0 aromatic heterocycles. The molecule has 1 heterocycles. The van der Waals surface area contributed by atoms with Crippen LogP contribution in [0, 0.1) is 47.3 Å². The van der Waals surface area contributed by atoms with Gasteiger partial charge in [-0.2, -0.15) is 0 Å². The number of esters is 1. The van der Waals surface area contributed by atoms with Gasteiger partial charge < -0.3 is 52.1 Å². The molecule has 484 valence electrons. The third-order valence-electron chi connectivity index (χ3n) is 14.0. The van der Waals surface area contributed by atoms with Crippen molar-refractivity contribution in [2.24, 2.45) is 47.3 Å². The smallest absolute Gasteiger partial charge is 0.305 e. The Morgan fingerprint density at radius 2 is 0.728 bits per heavy atom. The van der Waals surface area contributed by atoms with Crippen LogP contribution in [-0.2, 0) is 56.9 Å². The predicted molar refractivity (Wildman–Crippen MR) is 342 cm³/mol. The molecule has 12 nitrogen and oxygen atoms in total. The van der Waals surface area contributed by atoms with E-state index in [9.17, 15) is 4.79 Å². The van der Waals surface area contributed by atoms with E-state index >= 15 is 0 Å². The predicted octanol–water partition coefficient (Wildman–Crippen LogP) is 16.7. The number of carbonyl (C=O) groups excluding carboxylic acids is 1. The zero-order chi connectivity index (χ0) is 87.8. The van der Waals surface area contributed by atoms with Gasteiger partial charge in [-0.1, -0.05) is 213 Å². The maximum Gasteiger partial charge on any atom is 0.305 e. The molecule has 0 radical (unpaired) electrons. The standard InChI is InChI=1S/C67H132O12S2/c1-57(2)19-13-21-59(5)23-15-25-61(7)27-17-29-63(9)33-36-76-55-65(78-37-34-64(10)30-18-28-62(8)26-16-24-60(6)22-14-20-58(3)4)56-77-51-50-74-47-46-72-43-42-70-39-38-69-40-41-71-44-45-73-48-49-75-52-53-79-67(68)32-12-11-31-66-35-54-80-81-66/h57-66H,11-56H2,1-10H3/t59-,60-,61-,62-,63?,64?,65-,66?/m0/s1/i38D2,39D2,40D2,41D2,42D2,43D2,44D2,45D2,46D2,47D2,48D2,49D2,50D2,51D2,52D2,53D2. The fourth-order valence-electron chi connectivity index (χ4n) is 8.92. The van der Waals surface area contributed by atoms with Crippen molar-refractivity contribution in [3.05, 3.63) is 0 Å². The summed E-state index contributed by atoms with van der Waals surface area (Å²) in [7, 11) is 3.35. The highest BCUT2D eigenvalue weighted by molar-refractivity contribution is 8.77. The Morgan fingerprint density at radius 3 is 1.10 bits per heavy atom. The summed E-state index contributed by atoms with van der Waals surface area (Å²) in [5.74, 6) is 4.10. The number of ether oxygens (including phenoxy) is 11. The molecule has 1 saturated heterocycles. The maximum absolute atomic E-state index is 12.5. The van der Waals surface area contributed by atoms with Crippen LogP contribution in [0.2, 0.25) is 0 Å². The summed E-state index contributed by atoms with van der Waals surface area (Å²) >= 11 is 0. The third-order valence-corrected chi connectivity index (χ3v) is 17.0. The Kier molecular flexibility index (Phi) is 29.3. The van der Waals surface area contributed by atoms with Crippen molar-refractivity contribution in [2.45, 2.75) is 241 Å². The molecule has 0 saturated carbocycles. The number of hydrogen-bond donors (Lipinski definition) is 0. The van der Waals surface area contributed by atoms with Gasteiger partial charge in [-0.05, 0) is 79.4 Å². The van der Waals surface area contributed by atoms with Crippen molar-refractivity contribution in [3.8, 4) is 0 Å². The Labute approximate surface area is 553 Å². The lowest BCUT2D eigenvalue weighted by molar-refractivity contribution is -0.145. The van der Waals surface area contributed by atoms with Gasteiger partial charge in [-0.25, -0.2) is 0 Å². The lowest BCUT2D eigenvalue weighted by Gasteiger charge is -2.21. The molecule has 1 aliphatic rings. The average molecular weight is 1230 g/mol. The molecule has 0 spiro atoms. The van der Waals surface area contributed by atoms with Crippen molar-refractivity contribution in [1.29, 1.82) is 0 Å². The van der Waals surface area contributed by atoms with E-state index in [1.165, 1.54) is 70.6 Å². The molecule has 0 aromatic rings. The first-order chi connectivity index (χ1) is 51.0. The largest absolute Gasteiger partial charge is 0.463 e. The molecule has 1 rings (SSSR count). The Morgan fingerprint density at radius 1 is 0.395 bits per heavy atom. The summed E-state index contributed by atoms with van der Waals surface area (Å²) in [6.07, 6.45) is 22.8. The molecule has 0 aliphatic carbocycles. The van der Waals surface area contributed by atoms with E-state index in [0.29, 0.717) is 72.4 Å². The van der Waals surface area contributed by atoms with Crippen LogP contribution in [-0.4, -0.2) is 154 Å². The van der Waals surface area contributed by atoms with Crippen molar-refractivity contribution >= 4 is 27.6 Å². The van der Waals surface area contributed by atoms with Gasteiger partial charge in [0.15, 0.2) is 0 Å². The van der Waals surface area contributed by atoms with Crippen molar-refractivity contribution in [2.75, 3.05) is 137 Å². The molecule has 0 amide bonds. The fourth-order valence-corrected chi connectivity index (χ4v) is 12.0. The van der Waals surface area contributed by atoms with E-state index < -0.39 is 130 Å². The number of carbonyl (C=O) groups is 1. The highest BCUT2D eigenvalue weighted by atomic mass is 33.1. The second-order valence-electron chi connectivity index (χ2n) is 22.9. The van der Waals surface area contributed by atoms with Crippen LogP contribution < -0.4 is 0 Å². The monoisotopic (exact) mass is 1230 g/mol. The lowest BCUT2D eigenvalue weighted by atomic mass is 9.91. The first kappa shape index (κ1) is 40.4. The molecule has 0 aromatic carbocycles. The molecule has 3 unspecified atom stereocenters. The molecule has 81 heavy (non-hydrogen) atoms. The van der Waals surface area contributed by atoms with Crippen LogP contribution >= 0.6 is 21.6 Å². The summed E-state index contributed by atoms with van der Waals surface area (Å²) in [5.41, 5.74) is 0. The van der Waals surface area contributed by atoms with Gasteiger partial charge in [-0.3, -0.25) is 4.79 Å². The quantitative estimate of drug-likeness (QED) is 0.0326. The highest BCUT2D eigenvalue weighted by Gasteiger charge is 2.17. The summed E-state index contributed by atoms with van der Waals surface area (Å²) in [6, 6.07) is 0. The second kappa shape index (κ2) is 58.8. The first-order valence-electron chi connectivity index (χ1n) is 46.2. The van der Waals surface area contributed by atoms with Crippen LogP contribution in [0.3, 0.4) is 0 Å². The first-order valence-corrected chi connectivity index (χ1v) is 32.6. The molecule has 1 aliphatic heterocycles. The lowest BCUT2D eigenvalue weighted by Crippen LogP contribution is -2.28. The highest BCUT2D eigenvalue weighted by Crippen LogP contribution is 2.40. The zero-order valence-corrected chi connectivity index (χ0v) is 52.8. The van der Waals surface area contributed by atoms with E-state index in [1.807, 2.05) is 0 Å². The molecule has 0 N–H and O–H groups in total. The van der Waals surface area contributed by atoms with E-state index in [-0.39, 0.29) is 32.2 Å². The van der Waals surface area contributed by atoms with Gasteiger partial charge in [-0.15, -0.1) is 0 Å². The van der Waals surface area contributed by atoms with Gasteiger partial charge in [0, 0.05) is 30.6 Å². The van der Waals surface area contributed by atoms with E-state index in [4.69, 9.17) is 58.1 Å². The van der Waals surface area contributed by atoms with Crippen molar-refractivity contribution < 1.29 is 101 Å². The Hall–Kier alpha value is -0.230. The summed E-state index contributed by atoms with van der Waals surface area (Å²) in [4.78, 5) is 12.5. The molecular formula is C67H132O12S2. The SMILES string of the molecule is [2H]C([2H])(OC[C@H](COCCC(C)CCC[C@@H](C)CCC[C@@H](C)CCCC(C)C)OCCC(C)CCC[C@@H](C)CCC[C@@H](C)CCCC(C)C)C([2H])([2H])OC([2H])([2H])C([2H])([2H])OC([2H])([2H])C([2H])([2H])OC([2H])([2H])C([2H])([2H])OC([2H])([2H])C([2H])([2H])OC([2H])([2H])C([2H])([2H])OC([2H])([2H])C([2H])([2H])OC([2H])([2H])C([2H])([2H])OC(=O)CCCCC1CCSS1. The molecule has 8 atom stereocenters. The van der Waals surface area contributed by atoms with Gasteiger partial charge >= 0.3 is 5.97 Å².